The van der Waals surface area contributed by atoms with Gasteiger partial charge in [0.25, 0.3) is 5.91 Å². The Labute approximate surface area is 203 Å². The van der Waals surface area contributed by atoms with E-state index in [4.69, 9.17) is 20.9 Å². The van der Waals surface area contributed by atoms with Crippen molar-refractivity contribution in [2.24, 2.45) is 5.92 Å². The number of aliphatic hydroxyl groups excluding tert-OH is 1. The second-order valence-corrected chi connectivity index (χ2v) is 9.46. The maximum atomic E-state index is 12.6. The molecule has 2 amide bonds. The number of nitrogens with zero attached hydrogens (tertiary/aromatic N) is 1. The molecule has 0 aromatic heterocycles. The molecular formula is C21H32BBrClN3O5. The van der Waals surface area contributed by atoms with Crippen molar-refractivity contribution in [3.05, 3.63) is 33.3 Å². The van der Waals surface area contributed by atoms with Crippen molar-refractivity contribution < 1.29 is 24.0 Å². The summed E-state index contributed by atoms with van der Waals surface area (Å²) in [4.78, 5) is 27.2. The Morgan fingerprint density at radius 3 is 2.75 bits per heavy atom. The van der Waals surface area contributed by atoms with Crippen LogP contribution in [0.25, 0.3) is 0 Å². The van der Waals surface area contributed by atoms with E-state index in [1.807, 2.05) is 0 Å². The van der Waals surface area contributed by atoms with Gasteiger partial charge < -0.3 is 25.0 Å². The fourth-order valence-electron chi connectivity index (χ4n) is 3.47. The average Bonchev–Trinajstić information content (AvgIpc) is 2.85. The fraction of sp³-hybridized carbons (Fsp3) is 0.619. The monoisotopic (exact) mass is 531 g/mol. The summed E-state index contributed by atoms with van der Waals surface area (Å²) < 4.78 is 12.6. The number of carbonyl (C=O) groups is 2. The van der Waals surface area contributed by atoms with Crippen LogP contribution in [-0.2, 0) is 14.1 Å². The zero-order valence-electron chi connectivity index (χ0n) is 18.6. The second kappa shape index (κ2) is 14.2. The van der Waals surface area contributed by atoms with Gasteiger partial charge in [-0.2, -0.15) is 0 Å². The van der Waals surface area contributed by atoms with Gasteiger partial charge in [-0.15, -0.1) is 0 Å². The van der Waals surface area contributed by atoms with Gasteiger partial charge in [0, 0.05) is 37.3 Å². The largest absolute Gasteiger partial charge is 0.480 e. The molecule has 1 fully saturated rings. The lowest BCUT2D eigenvalue weighted by atomic mass is 9.73. The van der Waals surface area contributed by atoms with Crippen LogP contribution in [-0.4, -0.2) is 80.9 Å². The minimum absolute atomic E-state index is 0.104. The van der Waals surface area contributed by atoms with Gasteiger partial charge in [-0.25, -0.2) is 0 Å². The Morgan fingerprint density at radius 2 is 2.03 bits per heavy atom. The van der Waals surface area contributed by atoms with Gasteiger partial charge in [0.15, 0.2) is 0 Å². The van der Waals surface area contributed by atoms with Crippen LogP contribution in [0.4, 0.5) is 0 Å². The quantitative estimate of drug-likeness (QED) is 0.422. The summed E-state index contributed by atoms with van der Waals surface area (Å²) in [6, 6.07) is 4.96. The smallest absolute Gasteiger partial charge is 0.410 e. The molecule has 1 aromatic carbocycles. The lowest BCUT2D eigenvalue weighted by Crippen LogP contribution is -2.52. The van der Waals surface area contributed by atoms with Crippen molar-refractivity contribution in [2.75, 3.05) is 46.0 Å². The topological polar surface area (TPSA) is 100 Å². The van der Waals surface area contributed by atoms with Crippen molar-refractivity contribution in [3.63, 3.8) is 0 Å². The first-order valence-corrected chi connectivity index (χ1v) is 12.1. The molecule has 0 saturated carbocycles. The predicted molar refractivity (Wildman–Crippen MR) is 129 cm³/mol. The number of hydrogen-bond donors (Lipinski definition) is 3. The molecule has 178 valence electrons. The summed E-state index contributed by atoms with van der Waals surface area (Å²) >= 11 is 9.40. The normalized spacial score (nSPS) is 16.8. The fourth-order valence-corrected chi connectivity index (χ4v) is 4.04. The van der Waals surface area contributed by atoms with Crippen LogP contribution in [0.5, 0.6) is 0 Å². The van der Waals surface area contributed by atoms with E-state index in [0.717, 1.165) is 17.4 Å². The molecule has 0 aliphatic carbocycles. The molecule has 1 saturated heterocycles. The van der Waals surface area contributed by atoms with Crippen LogP contribution >= 0.6 is 27.5 Å². The number of aliphatic hydroxyl groups is 1. The molecule has 0 unspecified atom stereocenters. The van der Waals surface area contributed by atoms with Gasteiger partial charge in [0.05, 0.1) is 29.7 Å². The maximum Gasteiger partial charge on any atom is 0.480 e. The van der Waals surface area contributed by atoms with Gasteiger partial charge in [-0.3, -0.25) is 14.5 Å². The Bertz CT molecular complexity index is 758. The Balaban J connectivity index is 1.94. The molecule has 1 aromatic rings. The van der Waals surface area contributed by atoms with Gasteiger partial charge in [-0.1, -0.05) is 41.4 Å². The van der Waals surface area contributed by atoms with E-state index in [9.17, 15) is 14.7 Å². The molecule has 32 heavy (non-hydrogen) atoms. The summed E-state index contributed by atoms with van der Waals surface area (Å²) in [7, 11) is -0.578. The van der Waals surface area contributed by atoms with Crippen LogP contribution in [0.1, 0.15) is 37.0 Å². The molecule has 8 nitrogen and oxygen atoms in total. The van der Waals surface area contributed by atoms with E-state index in [2.05, 4.69) is 45.3 Å². The highest BCUT2D eigenvalue weighted by Crippen LogP contribution is 2.20. The average molecular weight is 533 g/mol. The second-order valence-electron chi connectivity index (χ2n) is 8.14. The Kier molecular flexibility index (Phi) is 12.0. The number of hydrogen-bond acceptors (Lipinski definition) is 6. The molecule has 11 heteroatoms. The maximum absolute atomic E-state index is 12.6. The van der Waals surface area contributed by atoms with Crippen LogP contribution in [0.15, 0.2) is 22.7 Å². The number of β-amino-alcohol motifs (C(OH)–C–C–N with tert-alkyl or cyclic N) is 1. The number of halogens is 2. The number of nitrogens with one attached hydrogen (secondary N) is 2. The zero-order chi connectivity index (χ0) is 23.5. The first-order chi connectivity index (χ1) is 15.3. The predicted octanol–water partition coefficient (Wildman–Crippen LogP) is 2.12. The van der Waals surface area contributed by atoms with E-state index in [0.29, 0.717) is 49.2 Å². The number of amides is 2. The van der Waals surface area contributed by atoms with Crippen LogP contribution < -0.4 is 10.6 Å². The van der Waals surface area contributed by atoms with Crippen LogP contribution in [0.3, 0.4) is 0 Å². The van der Waals surface area contributed by atoms with Crippen molar-refractivity contribution in [1.82, 2.24) is 15.5 Å². The molecule has 1 aliphatic rings. The highest BCUT2D eigenvalue weighted by molar-refractivity contribution is 9.10. The first-order valence-electron chi connectivity index (χ1n) is 10.9. The van der Waals surface area contributed by atoms with E-state index in [-0.39, 0.29) is 25.0 Å². The van der Waals surface area contributed by atoms with Gasteiger partial charge in [0.2, 0.25) is 5.91 Å². The minimum atomic E-state index is -0.578. The number of carbonyl (C=O) groups excluding carboxylic acids is 2. The zero-order valence-corrected chi connectivity index (χ0v) is 21.0. The minimum Gasteiger partial charge on any atom is -0.410 e. The number of rotatable bonds is 9. The third-order valence-corrected chi connectivity index (χ3v) is 5.81. The molecular weight excluding hydrogens is 500 g/mol. The van der Waals surface area contributed by atoms with Crippen LogP contribution in [0.2, 0.25) is 5.02 Å². The van der Waals surface area contributed by atoms with Gasteiger partial charge in [0.1, 0.15) is 0 Å². The van der Waals surface area contributed by atoms with Crippen molar-refractivity contribution >= 4 is 46.5 Å². The highest BCUT2D eigenvalue weighted by atomic mass is 79.9. The number of benzene rings is 1. The third kappa shape index (κ3) is 9.37. The lowest BCUT2D eigenvalue weighted by Gasteiger charge is -2.26. The third-order valence-electron chi connectivity index (χ3n) is 4.99. The molecule has 1 aliphatic heterocycles. The molecule has 0 bridgehead atoms. The van der Waals surface area contributed by atoms with Crippen molar-refractivity contribution in [1.29, 1.82) is 0 Å². The van der Waals surface area contributed by atoms with E-state index >= 15 is 0 Å². The SMILES string of the molecule is CC(C)C[C@H](NC(=O)CNC(=O)c1cc(Br)ccc1Cl)B1OCCCN(CCO)CCO1. The van der Waals surface area contributed by atoms with E-state index < -0.39 is 13.0 Å². The first kappa shape index (κ1) is 27.1. The van der Waals surface area contributed by atoms with Gasteiger partial charge in [-0.05, 0) is 37.0 Å². The van der Waals surface area contributed by atoms with E-state index in [1.54, 1.807) is 18.2 Å². The lowest BCUT2D eigenvalue weighted by molar-refractivity contribution is -0.120. The standard InChI is InChI=1S/C21H32BBrClN3O5/c1-15(2)12-19(22-31-10-3-6-27(7-9-28)8-11-32-22)26-20(29)14-25-21(30)17-13-16(23)4-5-18(17)24/h4-5,13,15,19,28H,3,6-12,14H2,1-2H3,(H,25,30)(H,26,29)/t19-/m0/s1. The van der Waals surface area contributed by atoms with Crippen LogP contribution in [0, 0.1) is 5.92 Å². The molecule has 2 rings (SSSR count). The van der Waals surface area contributed by atoms with E-state index in [1.165, 1.54) is 0 Å². The van der Waals surface area contributed by atoms with Crippen molar-refractivity contribution in [3.8, 4) is 0 Å². The van der Waals surface area contributed by atoms with Crippen molar-refractivity contribution in [2.45, 2.75) is 32.6 Å². The molecule has 1 heterocycles. The summed E-state index contributed by atoms with van der Waals surface area (Å²) in [6.45, 7) is 7.08. The molecule has 3 N–H and O–H groups in total. The Morgan fingerprint density at radius 1 is 1.28 bits per heavy atom. The molecule has 1 atom stereocenters. The molecule has 0 radical (unpaired) electrons. The molecule has 0 spiro atoms. The summed E-state index contributed by atoms with van der Waals surface area (Å²) in [5.74, 6) is -0.797. The Hall–Kier alpha value is -1.17. The summed E-state index contributed by atoms with van der Waals surface area (Å²) in [5, 5.41) is 15.1. The van der Waals surface area contributed by atoms with Gasteiger partial charge >= 0.3 is 7.12 Å². The highest BCUT2D eigenvalue weighted by Gasteiger charge is 2.33. The summed E-state index contributed by atoms with van der Waals surface area (Å²) in [6.07, 6.45) is 1.48. The summed E-state index contributed by atoms with van der Waals surface area (Å²) in [5.41, 5.74) is 0.294.